The third-order valence-corrected chi connectivity index (χ3v) is 5.10. The first-order valence-electron chi connectivity index (χ1n) is 9.49. The zero-order valence-corrected chi connectivity index (χ0v) is 15.7. The molecule has 1 N–H and O–H groups in total. The molecule has 2 aliphatic heterocycles. The van der Waals surface area contributed by atoms with Gasteiger partial charge in [-0.2, -0.15) is 0 Å². The summed E-state index contributed by atoms with van der Waals surface area (Å²) in [6.45, 7) is 8.73. The molecule has 3 rings (SSSR count). The van der Waals surface area contributed by atoms with E-state index in [9.17, 15) is 0 Å². The highest BCUT2D eigenvalue weighted by molar-refractivity contribution is 5.47. The minimum absolute atomic E-state index is 0.507. The third-order valence-electron chi connectivity index (χ3n) is 5.10. The van der Waals surface area contributed by atoms with Gasteiger partial charge in [-0.05, 0) is 19.3 Å². The molecule has 0 spiro atoms. The van der Waals surface area contributed by atoms with E-state index >= 15 is 0 Å². The van der Waals surface area contributed by atoms with E-state index in [1.165, 1.54) is 38.9 Å². The van der Waals surface area contributed by atoms with E-state index < -0.39 is 0 Å². The van der Waals surface area contributed by atoms with Gasteiger partial charge in [0.25, 0.3) is 0 Å². The van der Waals surface area contributed by atoms with Crippen LogP contribution in [-0.4, -0.2) is 92.4 Å². The van der Waals surface area contributed by atoms with Gasteiger partial charge in [-0.1, -0.05) is 0 Å². The number of nitrogens with zero attached hydrogens (tertiary/aromatic N) is 5. The highest BCUT2D eigenvalue weighted by Gasteiger charge is 2.20. The van der Waals surface area contributed by atoms with Crippen LogP contribution in [0.15, 0.2) is 12.4 Å². The molecule has 0 radical (unpaired) electrons. The number of nitrogens with one attached hydrogen (secondary N) is 1. The molecular formula is C18H32N6O. The average Bonchev–Trinajstić information content (AvgIpc) is 2.90. The lowest BCUT2D eigenvalue weighted by Crippen LogP contribution is -2.43. The van der Waals surface area contributed by atoms with E-state index in [1.54, 1.807) is 6.33 Å². The molecule has 0 aromatic carbocycles. The van der Waals surface area contributed by atoms with Gasteiger partial charge >= 0.3 is 0 Å². The molecule has 0 unspecified atom stereocenters. The number of likely N-dealkylation sites (tertiary alicyclic amines) is 1. The zero-order chi connectivity index (χ0) is 17.5. The molecule has 0 atom stereocenters. The van der Waals surface area contributed by atoms with Gasteiger partial charge in [0.2, 0.25) is 0 Å². The van der Waals surface area contributed by atoms with Crippen LogP contribution < -0.4 is 10.2 Å². The van der Waals surface area contributed by atoms with Gasteiger partial charge < -0.3 is 19.9 Å². The lowest BCUT2D eigenvalue weighted by Gasteiger charge is -2.34. The maximum atomic E-state index is 5.53. The Balaban J connectivity index is 1.39. The average molecular weight is 348 g/mol. The lowest BCUT2D eigenvalue weighted by atomic mass is 10.1. The first-order valence-corrected chi connectivity index (χ1v) is 9.49. The van der Waals surface area contributed by atoms with E-state index in [2.05, 4.69) is 25.1 Å². The largest absolute Gasteiger partial charge is 0.380 e. The minimum Gasteiger partial charge on any atom is -0.380 e. The van der Waals surface area contributed by atoms with Gasteiger partial charge in [-0.25, -0.2) is 9.97 Å². The van der Waals surface area contributed by atoms with Crippen LogP contribution in [0.25, 0.3) is 0 Å². The van der Waals surface area contributed by atoms with E-state index in [0.717, 1.165) is 44.5 Å². The SMILES string of the molecule is CN(C)c1cc(NC2CCN(CCN3CCCOCC3)CC2)ncn1. The molecule has 1 aromatic rings. The highest BCUT2D eigenvalue weighted by Crippen LogP contribution is 2.17. The predicted molar refractivity (Wildman–Crippen MR) is 101 cm³/mol. The van der Waals surface area contributed by atoms with Crippen molar-refractivity contribution in [2.24, 2.45) is 0 Å². The van der Waals surface area contributed by atoms with Crippen LogP contribution in [0.5, 0.6) is 0 Å². The molecule has 7 nitrogen and oxygen atoms in total. The first-order chi connectivity index (χ1) is 12.2. The molecule has 0 bridgehead atoms. The predicted octanol–water partition coefficient (Wildman–Crippen LogP) is 1.14. The third kappa shape index (κ3) is 5.80. The Morgan fingerprint density at radius 2 is 1.84 bits per heavy atom. The monoisotopic (exact) mass is 348 g/mol. The molecule has 2 saturated heterocycles. The summed E-state index contributed by atoms with van der Waals surface area (Å²) in [4.78, 5) is 15.8. The Morgan fingerprint density at radius 1 is 1.08 bits per heavy atom. The van der Waals surface area contributed by atoms with Crippen LogP contribution in [0.2, 0.25) is 0 Å². The first kappa shape index (κ1) is 18.4. The van der Waals surface area contributed by atoms with Crippen LogP contribution in [-0.2, 0) is 4.74 Å². The molecule has 2 fully saturated rings. The Hall–Kier alpha value is -1.44. The fourth-order valence-electron chi connectivity index (χ4n) is 3.48. The second-order valence-electron chi connectivity index (χ2n) is 7.22. The van der Waals surface area contributed by atoms with Gasteiger partial charge in [-0.15, -0.1) is 0 Å². The van der Waals surface area contributed by atoms with Crippen molar-refractivity contribution in [3.63, 3.8) is 0 Å². The molecule has 7 heteroatoms. The minimum atomic E-state index is 0.507. The number of anilines is 2. The molecule has 3 heterocycles. The van der Waals surface area contributed by atoms with Crippen LogP contribution >= 0.6 is 0 Å². The number of rotatable bonds is 6. The molecule has 140 valence electrons. The summed E-state index contributed by atoms with van der Waals surface area (Å²) < 4.78 is 5.53. The van der Waals surface area contributed by atoms with Crippen molar-refractivity contribution in [1.82, 2.24) is 19.8 Å². The maximum Gasteiger partial charge on any atom is 0.133 e. The summed E-state index contributed by atoms with van der Waals surface area (Å²) >= 11 is 0. The van der Waals surface area contributed by atoms with E-state index in [0.29, 0.717) is 6.04 Å². The van der Waals surface area contributed by atoms with Crippen LogP contribution in [0.1, 0.15) is 19.3 Å². The van der Waals surface area contributed by atoms with Crippen LogP contribution in [0.3, 0.4) is 0 Å². The Kier molecular flexibility index (Phi) is 6.84. The van der Waals surface area contributed by atoms with Crippen molar-refractivity contribution >= 4 is 11.6 Å². The Labute approximate surface area is 151 Å². The van der Waals surface area contributed by atoms with E-state index in [-0.39, 0.29) is 0 Å². The van der Waals surface area contributed by atoms with Crippen molar-refractivity contribution in [3.8, 4) is 0 Å². The van der Waals surface area contributed by atoms with Crippen molar-refractivity contribution in [2.75, 3.05) is 76.8 Å². The van der Waals surface area contributed by atoms with E-state index in [4.69, 9.17) is 4.74 Å². The second kappa shape index (κ2) is 9.31. The van der Waals surface area contributed by atoms with Crippen molar-refractivity contribution in [1.29, 1.82) is 0 Å². The van der Waals surface area contributed by atoms with Crippen molar-refractivity contribution in [2.45, 2.75) is 25.3 Å². The Bertz CT molecular complexity index is 510. The molecule has 0 aliphatic carbocycles. The summed E-state index contributed by atoms with van der Waals surface area (Å²) in [5, 5.41) is 3.58. The smallest absolute Gasteiger partial charge is 0.133 e. The fraction of sp³-hybridized carbons (Fsp3) is 0.778. The lowest BCUT2D eigenvalue weighted by molar-refractivity contribution is 0.135. The second-order valence-corrected chi connectivity index (χ2v) is 7.22. The summed E-state index contributed by atoms with van der Waals surface area (Å²) in [5.41, 5.74) is 0. The number of hydrogen-bond acceptors (Lipinski definition) is 7. The Morgan fingerprint density at radius 3 is 2.60 bits per heavy atom. The topological polar surface area (TPSA) is 56.8 Å². The highest BCUT2D eigenvalue weighted by atomic mass is 16.5. The van der Waals surface area contributed by atoms with Crippen molar-refractivity contribution < 1.29 is 4.74 Å². The molecular weight excluding hydrogens is 316 g/mol. The van der Waals surface area contributed by atoms with Gasteiger partial charge in [-0.3, -0.25) is 4.90 Å². The molecule has 0 amide bonds. The molecule has 0 saturated carbocycles. The summed E-state index contributed by atoms with van der Waals surface area (Å²) in [6, 6.07) is 2.53. The van der Waals surface area contributed by atoms with Gasteiger partial charge in [0.1, 0.15) is 18.0 Å². The van der Waals surface area contributed by atoms with Crippen LogP contribution in [0.4, 0.5) is 11.6 Å². The standard InChI is InChI=1S/C18H32N6O/c1-22(2)18-14-17(19-15-20-18)21-16-4-7-24(8-5-16)10-9-23-6-3-12-25-13-11-23/h14-16H,3-13H2,1-2H3,(H,19,20,21). The van der Waals surface area contributed by atoms with Gasteiger partial charge in [0.15, 0.2) is 0 Å². The summed E-state index contributed by atoms with van der Waals surface area (Å²) in [5.74, 6) is 1.87. The van der Waals surface area contributed by atoms with Gasteiger partial charge in [0, 0.05) is 72.1 Å². The number of hydrogen-bond donors (Lipinski definition) is 1. The normalized spacial score (nSPS) is 21.0. The number of ether oxygens (including phenoxy) is 1. The van der Waals surface area contributed by atoms with Gasteiger partial charge in [0.05, 0.1) is 6.61 Å². The van der Waals surface area contributed by atoms with Crippen LogP contribution in [0, 0.1) is 0 Å². The molecule has 2 aliphatic rings. The maximum absolute atomic E-state index is 5.53. The quantitative estimate of drug-likeness (QED) is 0.827. The number of aromatic nitrogens is 2. The zero-order valence-electron chi connectivity index (χ0n) is 15.7. The summed E-state index contributed by atoms with van der Waals surface area (Å²) in [7, 11) is 4.00. The number of piperidine rings is 1. The van der Waals surface area contributed by atoms with Crippen molar-refractivity contribution in [3.05, 3.63) is 12.4 Å². The fourth-order valence-corrected chi connectivity index (χ4v) is 3.48. The van der Waals surface area contributed by atoms with E-state index in [1.807, 2.05) is 25.1 Å². The molecule has 1 aromatic heterocycles. The summed E-state index contributed by atoms with van der Waals surface area (Å²) in [6.07, 6.45) is 5.15. The molecule has 25 heavy (non-hydrogen) atoms.